The summed E-state index contributed by atoms with van der Waals surface area (Å²) < 4.78 is 18.2. The van der Waals surface area contributed by atoms with E-state index in [1.165, 1.54) is 23.9 Å². The van der Waals surface area contributed by atoms with E-state index in [1.54, 1.807) is 32.2 Å². The van der Waals surface area contributed by atoms with Gasteiger partial charge in [-0.2, -0.15) is 5.10 Å². The van der Waals surface area contributed by atoms with Crippen LogP contribution in [0.2, 0.25) is 0 Å². The fourth-order valence-electron chi connectivity index (χ4n) is 2.40. The van der Waals surface area contributed by atoms with Gasteiger partial charge >= 0.3 is 5.97 Å². The van der Waals surface area contributed by atoms with Gasteiger partial charge in [-0.05, 0) is 48.4 Å². The van der Waals surface area contributed by atoms with Gasteiger partial charge in [-0.25, -0.2) is 9.82 Å². The van der Waals surface area contributed by atoms with E-state index in [0.717, 1.165) is 11.1 Å². The predicted octanol–water partition coefficient (Wildman–Crippen LogP) is 3.24. The monoisotopic (exact) mass is 404 g/mol. The molecule has 0 radical (unpaired) electrons. The molecule has 0 atom stereocenters. The van der Waals surface area contributed by atoms with Crippen LogP contribution in [0.4, 0.5) is 4.39 Å². The summed E-state index contributed by atoms with van der Waals surface area (Å²) in [6, 6.07) is 11.2. The first kappa shape index (κ1) is 21.4. The highest BCUT2D eigenvalue weighted by Gasteiger charge is 2.09. The van der Waals surface area contributed by atoms with E-state index >= 15 is 0 Å². The van der Waals surface area contributed by atoms with Crippen LogP contribution in [-0.4, -0.2) is 35.6 Å². The van der Waals surface area contributed by atoms with Crippen LogP contribution in [0.5, 0.6) is 5.75 Å². The van der Waals surface area contributed by atoms with E-state index in [9.17, 15) is 14.0 Å². The minimum atomic E-state index is -0.873. The maximum atomic E-state index is 12.9. The number of nitrogens with one attached hydrogen (secondary N) is 1. The third-order valence-electron chi connectivity index (χ3n) is 3.81. The molecule has 6 nitrogen and oxygen atoms in total. The number of thioether (sulfide) groups is 1. The molecule has 28 heavy (non-hydrogen) atoms. The number of nitrogens with zero attached hydrogens (tertiary/aromatic N) is 1. The Labute approximate surface area is 166 Å². The number of aliphatic carboxylic acids is 1. The molecule has 0 aromatic heterocycles. The van der Waals surface area contributed by atoms with Gasteiger partial charge in [-0.15, -0.1) is 11.8 Å². The van der Waals surface area contributed by atoms with Gasteiger partial charge in [0.05, 0.1) is 25.0 Å². The fraction of sp³-hybridized carbons (Fsp3) is 0.250. The van der Waals surface area contributed by atoms with Crippen molar-refractivity contribution in [3.8, 4) is 5.75 Å². The molecule has 2 rings (SSSR count). The SMILES string of the molecule is COc1ccc(/C(C)=N\NC(=O)Cc2ccc(F)cc2)cc1CSCC(=O)O. The third kappa shape index (κ3) is 6.70. The molecular formula is C20H21FN2O4S. The molecule has 0 bridgehead atoms. The molecule has 0 fully saturated rings. The second-order valence-electron chi connectivity index (χ2n) is 5.95. The lowest BCUT2D eigenvalue weighted by atomic mass is 10.1. The number of rotatable bonds is 9. The van der Waals surface area contributed by atoms with E-state index in [0.29, 0.717) is 22.8 Å². The zero-order chi connectivity index (χ0) is 20.5. The summed E-state index contributed by atoms with van der Waals surface area (Å²) in [5.41, 5.74) is 5.41. The second kappa shape index (κ2) is 10.5. The number of hydrogen-bond acceptors (Lipinski definition) is 5. The van der Waals surface area contributed by atoms with E-state index in [1.807, 2.05) is 12.1 Å². The standard InChI is InChI=1S/C20H21FN2O4S/c1-13(22-23-19(24)9-14-3-6-17(21)7-4-14)15-5-8-18(27-2)16(10-15)11-28-12-20(25)26/h3-8,10H,9,11-12H2,1-2H3,(H,23,24)(H,25,26)/b22-13-. The number of amides is 1. The molecule has 0 saturated carbocycles. The molecule has 0 spiro atoms. The van der Waals surface area contributed by atoms with Crippen molar-refractivity contribution in [2.45, 2.75) is 19.1 Å². The molecule has 0 aliphatic rings. The maximum absolute atomic E-state index is 12.9. The normalized spacial score (nSPS) is 11.2. The Bertz CT molecular complexity index is 869. The Morgan fingerprint density at radius 3 is 2.57 bits per heavy atom. The summed E-state index contributed by atoms with van der Waals surface area (Å²) in [7, 11) is 1.55. The lowest BCUT2D eigenvalue weighted by Crippen LogP contribution is -2.21. The minimum Gasteiger partial charge on any atom is -0.496 e. The Balaban J connectivity index is 2.02. The highest BCUT2D eigenvalue weighted by Crippen LogP contribution is 2.25. The fourth-order valence-corrected chi connectivity index (χ4v) is 3.12. The first-order chi connectivity index (χ1) is 13.4. The van der Waals surface area contributed by atoms with Crippen LogP contribution in [0.15, 0.2) is 47.6 Å². The number of carboxylic acids is 1. The zero-order valence-electron chi connectivity index (χ0n) is 15.6. The van der Waals surface area contributed by atoms with Crippen molar-refractivity contribution < 1.29 is 23.8 Å². The van der Waals surface area contributed by atoms with E-state index in [-0.39, 0.29) is 23.9 Å². The summed E-state index contributed by atoms with van der Waals surface area (Å²) in [6.07, 6.45) is 0.0940. The van der Waals surface area contributed by atoms with Crippen LogP contribution in [-0.2, 0) is 21.8 Å². The lowest BCUT2D eigenvalue weighted by molar-refractivity contribution is -0.134. The van der Waals surface area contributed by atoms with Gasteiger partial charge in [-0.3, -0.25) is 9.59 Å². The number of halogens is 1. The van der Waals surface area contributed by atoms with Crippen LogP contribution >= 0.6 is 11.8 Å². The Hall–Kier alpha value is -2.87. The first-order valence-corrected chi connectivity index (χ1v) is 9.59. The highest BCUT2D eigenvalue weighted by atomic mass is 32.2. The maximum Gasteiger partial charge on any atom is 0.313 e. The van der Waals surface area contributed by atoms with Gasteiger partial charge < -0.3 is 9.84 Å². The number of carboxylic acid groups (broad SMARTS) is 1. The Morgan fingerprint density at radius 2 is 1.93 bits per heavy atom. The van der Waals surface area contributed by atoms with E-state index in [4.69, 9.17) is 9.84 Å². The van der Waals surface area contributed by atoms with Crippen molar-refractivity contribution >= 4 is 29.4 Å². The molecular weight excluding hydrogens is 383 g/mol. The zero-order valence-corrected chi connectivity index (χ0v) is 16.4. The molecule has 0 unspecified atom stereocenters. The third-order valence-corrected chi connectivity index (χ3v) is 4.77. The number of methoxy groups -OCH3 is 1. The van der Waals surface area contributed by atoms with Gasteiger partial charge in [0.15, 0.2) is 0 Å². The van der Waals surface area contributed by atoms with Crippen LogP contribution in [0.25, 0.3) is 0 Å². The van der Waals surface area contributed by atoms with Crippen molar-refractivity contribution in [1.82, 2.24) is 5.43 Å². The summed E-state index contributed by atoms with van der Waals surface area (Å²) in [5.74, 6) is -0.393. The molecule has 0 aliphatic carbocycles. The summed E-state index contributed by atoms with van der Waals surface area (Å²) in [4.78, 5) is 22.7. The highest BCUT2D eigenvalue weighted by molar-refractivity contribution is 7.99. The average molecular weight is 404 g/mol. The molecule has 2 aromatic carbocycles. The van der Waals surface area contributed by atoms with Gasteiger partial charge in [0.2, 0.25) is 5.91 Å². The largest absolute Gasteiger partial charge is 0.496 e. The van der Waals surface area contributed by atoms with E-state index in [2.05, 4.69) is 10.5 Å². The summed E-state index contributed by atoms with van der Waals surface area (Å²) >= 11 is 1.27. The Kier molecular flexibility index (Phi) is 8.01. The molecule has 1 amide bonds. The molecule has 8 heteroatoms. The topological polar surface area (TPSA) is 88.0 Å². The quantitative estimate of drug-likeness (QED) is 0.495. The van der Waals surface area contributed by atoms with Crippen LogP contribution in [0.3, 0.4) is 0 Å². The Morgan fingerprint density at radius 1 is 1.21 bits per heavy atom. The van der Waals surface area contributed by atoms with Crippen molar-refractivity contribution in [2.75, 3.05) is 12.9 Å². The van der Waals surface area contributed by atoms with Gasteiger partial charge in [-0.1, -0.05) is 12.1 Å². The van der Waals surface area contributed by atoms with Gasteiger partial charge in [0, 0.05) is 11.3 Å². The van der Waals surface area contributed by atoms with Crippen molar-refractivity contribution in [1.29, 1.82) is 0 Å². The number of carbonyl (C=O) groups excluding carboxylic acids is 1. The van der Waals surface area contributed by atoms with Crippen molar-refractivity contribution in [2.24, 2.45) is 5.10 Å². The molecule has 2 aromatic rings. The molecule has 0 saturated heterocycles. The number of carbonyl (C=O) groups is 2. The number of hydrogen-bond donors (Lipinski definition) is 2. The molecule has 2 N–H and O–H groups in total. The van der Waals surface area contributed by atoms with Crippen LogP contribution in [0, 0.1) is 5.82 Å². The molecule has 0 aliphatic heterocycles. The van der Waals surface area contributed by atoms with Crippen molar-refractivity contribution in [3.05, 3.63) is 65.0 Å². The molecule has 148 valence electrons. The molecule has 0 heterocycles. The number of hydrazone groups is 1. The van der Waals surface area contributed by atoms with Gasteiger partial charge in [0.1, 0.15) is 11.6 Å². The smallest absolute Gasteiger partial charge is 0.313 e. The average Bonchev–Trinajstić information content (AvgIpc) is 2.67. The van der Waals surface area contributed by atoms with Crippen molar-refractivity contribution in [3.63, 3.8) is 0 Å². The van der Waals surface area contributed by atoms with Gasteiger partial charge in [0.25, 0.3) is 0 Å². The number of ether oxygens (including phenoxy) is 1. The predicted molar refractivity (Wildman–Crippen MR) is 107 cm³/mol. The van der Waals surface area contributed by atoms with Crippen LogP contribution < -0.4 is 10.2 Å². The lowest BCUT2D eigenvalue weighted by Gasteiger charge is -2.10. The van der Waals surface area contributed by atoms with Crippen LogP contribution in [0.1, 0.15) is 23.6 Å². The minimum absolute atomic E-state index is 0.000103. The van der Waals surface area contributed by atoms with E-state index < -0.39 is 5.97 Å². The summed E-state index contributed by atoms with van der Waals surface area (Å²) in [5, 5.41) is 12.9. The number of benzene rings is 2. The summed E-state index contributed by atoms with van der Waals surface area (Å²) in [6.45, 7) is 1.76. The second-order valence-corrected chi connectivity index (χ2v) is 6.93. The first-order valence-electron chi connectivity index (χ1n) is 8.43.